The van der Waals surface area contributed by atoms with Crippen molar-refractivity contribution >= 4 is 10.9 Å². The lowest BCUT2D eigenvalue weighted by Gasteiger charge is -2.06. The molecule has 0 fully saturated rings. The van der Waals surface area contributed by atoms with Crippen molar-refractivity contribution in [2.75, 3.05) is 13.6 Å². The molecular formula is C13H18N2. The van der Waals surface area contributed by atoms with E-state index in [1.54, 1.807) is 0 Å². The fourth-order valence-corrected chi connectivity index (χ4v) is 2.10. The Kier molecular flexibility index (Phi) is 2.78. The number of rotatable bonds is 3. The molecule has 1 aromatic heterocycles. The molecule has 2 rings (SSSR count). The summed E-state index contributed by atoms with van der Waals surface area (Å²) in [5.41, 5.74) is 4.13. The largest absolute Gasteiger partial charge is 0.348 e. The standard InChI is InChI=1S/C13H18N2/c1-10-9-12-6-4-5-11(7-8-14-2)13(12)15(10)3/h4-6,9,14H,7-8H2,1-3H3. The second-order valence-electron chi connectivity index (χ2n) is 4.05. The zero-order valence-electron chi connectivity index (χ0n) is 9.67. The average molecular weight is 202 g/mol. The highest BCUT2D eigenvalue weighted by Crippen LogP contribution is 2.22. The Morgan fingerprint density at radius 2 is 2.13 bits per heavy atom. The second kappa shape index (κ2) is 4.07. The van der Waals surface area contributed by atoms with Crippen LogP contribution in [0.2, 0.25) is 0 Å². The molecule has 0 atom stereocenters. The average Bonchev–Trinajstić information content (AvgIpc) is 2.53. The fourth-order valence-electron chi connectivity index (χ4n) is 2.10. The van der Waals surface area contributed by atoms with Crippen LogP contribution in [-0.4, -0.2) is 18.2 Å². The number of nitrogens with zero attached hydrogens (tertiary/aromatic N) is 1. The van der Waals surface area contributed by atoms with Gasteiger partial charge < -0.3 is 9.88 Å². The normalized spacial score (nSPS) is 11.1. The van der Waals surface area contributed by atoms with Gasteiger partial charge in [-0.2, -0.15) is 0 Å². The molecule has 80 valence electrons. The van der Waals surface area contributed by atoms with E-state index in [9.17, 15) is 0 Å². The number of hydrogen-bond acceptors (Lipinski definition) is 1. The lowest BCUT2D eigenvalue weighted by atomic mass is 10.1. The van der Waals surface area contributed by atoms with Gasteiger partial charge in [0, 0.05) is 18.1 Å². The lowest BCUT2D eigenvalue weighted by molar-refractivity contribution is 0.789. The van der Waals surface area contributed by atoms with E-state index in [0.717, 1.165) is 13.0 Å². The first-order valence-corrected chi connectivity index (χ1v) is 5.42. The minimum absolute atomic E-state index is 1.03. The third-order valence-electron chi connectivity index (χ3n) is 3.02. The Morgan fingerprint density at radius 1 is 1.33 bits per heavy atom. The number of aromatic nitrogens is 1. The van der Waals surface area contributed by atoms with E-state index in [2.05, 4.69) is 48.1 Å². The summed E-state index contributed by atoms with van der Waals surface area (Å²) in [7, 11) is 4.14. The molecule has 0 unspecified atom stereocenters. The van der Waals surface area contributed by atoms with Gasteiger partial charge in [-0.1, -0.05) is 18.2 Å². The lowest BCUT2D eigenvalue weighted by Crippen LogP contribution is -2.11. The molecule has 1 N–H and O–H groups in total. The molecule has 0 bridgehead atoms. The Balaban J connectivity index is 2.53. The zero-order valence-corrected chi connectivity index (χ0v) is 9.67. The van der Waals surface area contributed by atoms with Crippen molar-refractivity contribution in [3.05, 3.63) is 35.5 Å². The first kappa shape index (κ1) is 10.2. The molecule has 1 heterocycles. The number of benzene rings is 1. The molecular weight excluding hydrogens is 184 g/mol. The summed E-state index contributed by atoms with van der Waals surface area (Å²) in [6.45, 7) is 3.19. The van der Waals surface area contributed by atoms with E-state index in [1.807, 2.05) is 7.05 Å². The molecule has 0 amide bonds. The van der Waals surface area contributed by atoms with Gasteiger partial charge in [-0.15, -0.1) is 0 Å². The summed E-state index contributed by atoms with van der Waals surface area (Å²) in [5.74, 6) is 0. The Bertz CT molecular complexity index is 469. The number of likely N-dealkylation sites (N-methyl/N-ethyl adjacent to an activating group) is 1. The first-order chi connectivity index (χ1) is 7.24. The van der Waals surface area contributed by atoms with Crippen LogP contribution < -0.4 is 5.32 Å². The second-order valence-corrected chi connectivity index (χ2v) is 4.05. The molecule has 2 aromatic rings. The SMILES string of the molecule is CNCCc1cccc2cc(C)n(C)c12. The van der Waals surface area contributed by atoms with Crippen LogP contribution in [0.3, 0.4) is 0 Å². The van der Waals surface area contributed by atoms with Crippen molar-refractivity contribution in [1.82, 2.24) is 9.88 Å². The summed E-state index contributed by atoms with van der Waals surface area (Å²) < 4.78 is 2.28. The van der Waals surface area contributed by atoms with Crippen LogP contribution in [-0.2, 0) is 13.5 Å². The summed E-state index contributed by atoms with van der Waals surface area (Å²) in [5, 5.41) is 4.55. The molecule has 0 saturated heterocycles. The highest BCUT2D eigenvalue weighted by atomic mass is 14.9. The first-order valence-electron chi connectivity index (χ1n) is 5.42. The van der Waals surface area contributed by atoms with Gasteiger partial charge in [0.2, 0.25) is 0 Å². The molecule has 0 aliphatic heterocycles. The summed E-state index contributed by atoms with van der Waals surface area (Å²) in [4.78, 5) is 0. The third kappa shape index (κ3) is 1.77. The van der Waals surface area contributed by atoms with E-state index >= 15 is 0 Å². The zero-order chi connectivity index (χ0) is 10.8. The van der Waals surface area contributed by atoms with Crippen LogP contribution >= 0.6 is 0 Å². The van der Waals surface area contributed by atoms with E-state index in [0.29, 0.717) is 0 Å². The van der Waals surface area contributed by atoms with Gasteiger partial charge >= 0.3 is 0 Å². The van der Waals surface area contributed by atoms with Crippen molar-refractivity contribution in [2.24, 2.45) is 7.05 Å². The number of hydrogen-bond donors (Lipinski definition) is 1. The molecule has 0 aliphatic carbocycles. The van der Waals surface area contributed by atoms with Crippen molar-refractivity contribution in [1.29, 1.82) is 0 Å². The topological polar surface area (TPSA) is 17.0 Å². The van der Waals surface area contributed by atoms with E-state index in [-0.39, 0.29) is 0 Å². The maximum atomic E-state index is 3.20. The molecule has 0 aliphatic rings. The van der Waals surface area contributed by atoms with Gasteiger partial charge in [0.15, 0.2) is 0 Å². The van der Waals surface area contributed by atoms with E-state index < -0.39 is 0 Å². The Labute approximate surface area is 90.9 Å². The smallest absolute Gasteiger partial charge is 0.0512 e. The molecule has 0 radical (unpaired) electrons. The number of para-hydroxylation sites is 1. The van der Waals surface area contributed by atoms with Gasteiger partial charge in [-0.3, -0.25) is 0 Å². The van der Waals surface area contributed by atoms with Crippen LogP contribution in [0.15, 0.2) is 24.3 Å². The van der Waals surface area contributed by atoms with Gasteiger partial charge in [-0.25, -0.2) is 0 Å². The van der Waals surface area contributed by atoms with Crippen LogP contribution in [0, 0.1) is 6.92 Å². The third-order valence-corrected chi connectivity index (χ3v) is 3.02. The van der Waals surface area contributed by atoms with Gasteiger partial charge in [0.1, 0.15) is 0 Å². The highest BCUT2D eigenvalue weighted by Gasteiger charge is 2.06. The Hall–Kier alpha value is -1.28. The quantitative estimate of drug-likeness (QED) is 0.807. The summed E-state index contributed by atoms with van der Waals surface area (Å²) in [6.07, 6.45) is 1.09. The van der Waals surface area contributed by atoms with E-state index in [1.165, 1.54) is 22.2 Å². The predicted molar refractivity (Wildman–Crippen MR) is 65.3 cm³/mol. The summed E-state index contributed by atoms with van der Waals surface area (Å²) in [6, 6.07) is 8.80. The molecule has 15 heavy (non-hydrogen) atoms. The van der Waals surface area contributed by atoms with E-state index in [4.69, 9.17) is 0 Å². The highest BCUT2D eigenvalue weighted by molar-refractivity contribution is 5.84. The fraction of sp³-hybridized carbons (Fsp3) is 0.385. The van der Waals surface area contributed by atoms with Crippen LogP contribution in [0.4, 0.5) is 0 Å². The van der Waals surface area contributed by atoms with Gasteiger partial charge in [-0.05, 0) is 38.6 Å². The number of nitrogens with one attached hydrogen (secondary N) is 1. The van der Waals surface area contributed by atoms with Crippen LogP contribution in [0.1, 0.15) is 11.3 Å². The van der Waals surface area contributed by atoms with Crippen LogP contribution in [0.5, 0.6) is 0 Å². The molecule has 2 nitrogen and oxygen atoms in total. The predicted octanol–water partition coefficient (Wildman–Crippen LogP) is 2.25. The molecule has 1 aromatic carbocycles. The van der Waals surface area contributed by atoms with Gasteiger partial charge in [0.25, 0.3) is 0 Å². The number of aryl methyl sites for hydroxylation is 2. The maximum Gasteiger partial charge on any atom is 0.0512 e. The maximum absolute atomic E-state index is 3.20. The van der Waals surface area contributed by atoms with Crippen molar-refractivity contribution in [3.8, 4) is 0 Å². The molecule has 0 saturated carbocycles. The van der Waals surface area contributed by atoms with Crippen LogP contribution in [0.25, 0.3) is 10.9 Å². The van der Waals surface area contributed by atoms with Gasteiger partial charge in [0.05, 0.1) is 5.52 Å². The molecule has 2 heteroatoms. The van der Waals surface area contributed by atoms with Crippen molar-refractivity contribution in [3.63, 3.8) is 0 Å². The van der Waals surface area contributed by atoms with Crippen molar-refractivity contribution < 1.29 is 0 Å². The summed E-state index contributed by atoms with van der Waals surface area (Å²) >= 11 is 0. The Morgan fingerprint density at radius 3 is 2.87 bits per heavy atom. The number of fused-ring (bicyclic) bond motifs is 1. The van der Waals surface area contributed by atoms with Crippen molar-refractivity contribution in [2.45, 2.75) is 13.3 Å². The minimum Gasteiger partial charge on any atom is -0.348 e. The minimum atomic E-state index is 1.03. The molecule has 0 spiro atoms. The monoisotopic (exact) mass is 202 g/mol.